The van der Waals surface area contributed by atoms with E-state index in [2.05, 4.69) is 77.5 Å². The predicted molar refractivity (Wildman–Crippen MR) is 264 cm³/mol. The number of fused-ring (bicyclic) bond motifs is 8. The van der Waals surface area contributed by atoms with E-state index in [1.807, 2.05) is 19.9 Å². The van der Waals surface area contributed by atoms with Crippen LogP contribution in [-0.4, -0.2) is 55.8 Å². The number of aryl methyl sites for hydroxylation is 2. The molecule has 356 valence electrons. The Morgan fingerprint density at radius 3 is 1.91 bits per heavy atom. The van der Waals surface area contributed by atoms with Gasteiger partial charge >= 0.3 is 11.9 Å². The second-order valence-corrected chi connectivity index (χ2v) is 20.8. The Kier molecular flexibility index (Phi) is 16.7. The van der Waals surface area contributed by atoms with E-state index in [1.54, 1.807) is 6.92 Å². The number of aromatic nitrogens is 4. The maximum absolute atomic E-state index is 13.7. The number of aliphatic hydroxyl groups is 2. The summed E-state index contributed by atoms with van der Waals surface area (Å²) in [4.78, 5) is 44.8. The van der Waals surface area contributed by atoms with E-state index in [9.17, 15) is 19.8 Å². The lowest BCUT2D eigenvalue weighted by atomic mass is 9.84. The van der Waals surface area contributed by atoms with Crippen LogP contribution in [0.5, 0.6) is 0 Å². The molecule has 0 spiro atoms. The van der Waals surface area contributed by atoms with Crippen molar-refractivity contribution in [2.45, 2.75) is 189 Å². The van der Waals surface area contributed by atoms with Gasteiger partial charge in [0.2, 0.25) is 0 Å². The Balaban J connectivity index is 1.23. The van der Waals surface area contributed by atoms with E-state index >= 15 is 0 Å². The summed E-state index contributed by atoms with van der Waals surface area (Å²) in [5, 5.41) is 24.2. The number of aliphatic hydroxyl groups excluding tert-OH is 2. The Morgan fingerprint density at radius 1 is 0.754 bits per heavy atom. The fourth-order valence-corrected chi connectivity index (χ4v) is 11.0. The molecule has 6 rings (SSSR count). The second-order valence-electron chi connectivity index (χ2n) is 20.8. The summed E-state index contributed by atoms with van der Waals surface area (Å²) < 4.78 is 11.2. The summed E-state index contributed by atoms with van der Waals surface area (Å²) in [5.41, 5.74) is 8.55. The molecule has 1 unspecified atom stereocenters. The molecule has 0 amide bonds. The van der Waals surface area contributed by atoms with Crippen molar-refractivity contribution >= 4 is 45.5 Å². The zero-order chi connectivity index (χ0) is 47.3. The summed E-state index contributed by atoms with van der Waals surface area (Å²) in [7, 11) is 1.33. The van der Waals surface area contributed by atoms with Gasteiger partial charge in [0.05, 0.1) is 36.2 Å². The highest BCUT2D eigenvalue weighted by atomic mass is 16.5. The van der Waals surface area contributed by atoms with Crippen LogP contribution in [0.25, 0.3) is 33.6 Å². The van der Waals surface area contributed by atoms with Gasteiger partial charge in [-0.15, -0.1) is 0 Å². The molecule has 0 fully saturated rings. The molecule has 1 aliphatic carbocycles. The Labute approximate surface area is 388 Å². The van der Waals surface area contributed by atoms with Crippen LogP contribution in [0, 0.1) is 37.5 Å². The highest BCUT2D eigenvalue weighted by Crippen LogP contribution is 2.46. The van der Waals surface area contributed by atoms with Crippen molar-refractivity contribution in [3.8, 4) is 0 Å². The number of hydrogen-bond acceptors (Lipinski definition) is 8. The molecular formula is C55H80N4O6. The average Bonchev–Trinajstić information content (AvgIpc) is 4.00. The quantitative estimate of drug-likeness (QED) is 0.0819. The highest BCUT2D eigenvalue weighted by molar-refractivity contribution is 5.96. The maximum Gasteiger partial charge on any atom is 0.321 e. The molecule has 3 aromatic rings. The third-order valence-electron chi connectivity index (χ3n) is 15.3. The maximum atomic E-state index is 13.7. The first kappa shape index (κ1) is 49.8. The molecule has 0 aromatic carbocycles. The average molecular weight is 893 g/mol. The lowest BCUT2D eigenvalue weighted by Gasteiger charge is -2.19. The summed E-state index contributed by atoms with van der Waals surface area (Å²) in [6.07, 6.45) is 13.9. The number of ether oxygens (including phenoxy) is 2. The molecule has 8 bridgehead atoms. The number of carbonyl (C=O) groups is 2. The van der Waals surface area contributed by atoms with Crippen LogP contribution in [0.4, 0.5) is 0 Å². The van der Waals surface area contributed by atoms with Gasteiger partial charge in [0.1, 0.15) is 11.7 Å². The minimum Gasteiger partial charge on any atom is -0.512 e. The van der Waals surface area contributed by atoms with E-state index < -0.39 is 11.9 Å². The van der Waals surface area contributed by atoms with Crippen molar-refractivity contribution in [3.63, 3.8) is 0 Å². The number of carbonyl (C=O) groups excluding carboxylic acids is 2. The van der Waals surface area contributed by atoms with Gasteiger partial charge in [0.25, 0.3) is 0 Å². The van der Waals surface area contributed by atoms with E-state index in [4.69, 9.17) is 19.4 Å². The first-order valence-electron chi connectivity index (χ1n) is 25.1. The van der Waals surface area contributed by atoms with E-state index in [0.29, 0.717) is 40.9 Å². The van der Waals surface area contributed by atoms with Gasteiger partial charge in [0, 0.05) is 74.2 Å². The number of aromatic amines is 2. The Hall–Kier alpha value is -4.60. The van der Waals surface area contributed by atoms with Crippen LogP contribution in [0.1, 0.15) is 215 Å². The lowest BCUT2D eigenvalue weighted by molar-refractivity contribution is -0.144. The van der Waals surface area contributed by atoms with E-state index in [0.717, 1.165) is 87.0 Å². The predicted octanol–water partition coefficient (Wildman–Crippen LogP) is 12.5. The van der Waals surface area contributed by atoms with Crippen molar-refractivity contribution in [1.82, 2.24) is 19.9 Å². The number of H-pyrrole nitrogens is 2. The highest BCUT2D eigenvalue weighted by Gasteiger charge is 2.42. The number of methoxy groups -OCH3 is 1. The van der Waals surface area contributed by atoms with Crippen molar-refractivity contribution in [2.24, 2.45) is 23.7 Å². The van der Waals surface area contributed by atoms with Gasteiger partial charge < -0.3 is 29.7 Å². The number of hydrogen-bond donors (Lipinski definition) is 4. The summed E-state index contributed by atoms with van der Waals surface area (Å²) in [6.45, 7) is 24.2. The van der Waals surface area contributed by atoms with Crippen LogP contribution in [0.2, 0.25) is 0 Å². The normalized spacial score (nSPS) is 21.1. The number of nitrogens with zero attached hydrogens (tertiary/aromatic N) is 2. The molecule has 0 radical (unpaired) electrons. The zero-order valence-corrected chi connectivity index (χ0v) is 41.7. The fourth-order valence-electron chi connectivity index (χ4n) is 11.0. The molecule has 10 nitrogen and oxygen atoms in total. The van der Waals surface area contributed by atoms with E-state index in [1.165, 1.54) is 58.5 Å². The van der Waals surface area contributed by atoms with Crippen molar-refractivity contribution in [1.29, 1.82) is 0 Å². The minimum absolute atomic E-state index is 0.0683. The van der Waals surface area contributed by atoms with Crippen LogP contribution >= 0.6 is 0 Å². The standard InChI is InChI=1S/C55H80N4O6/c1-13-39-34(7)41-29-46-48(38(11)60)36(9)43(57-46)27-42-35(8)40(52(58-42)50-51(55(63)64-12)54(62)49-37(10)44(59-53(49)50)28-45(39)56-41)23-24-47(61)65-26-25-33(6)22-16-21-32(5)20-15-19-31(4)18-14-17-30(2)3/h27-35,39-40,51,57,59-60,62H,13-26H2,1-12H3/b42-27?,45-28?,46-29?,48-38+/t31-,32+,33?,34-,35+,39-,40+,51-/m1/s1. The molecule has 65 heavy (non-hydrogen) atoms. The van der Waals surface area contributed by atoms with Gasteiger partial charge in [-0.1, -0.05) is 113 Å². The Morgan fingerprint density at radius 2 is 1.31 bits per heavy atom. The Bertz CT molecular complexity index is 2480. The third-order valence-corrected chi connectivity index (χ3v) is 15.3. The summed E-state index contributed by atoms with van der Waals surface area (Å²) in [5.74, 6) is 0.918. The molecule has 3 aliphatic rings. The van der Waals surface area contributed by atoms with Crippen LogP contribution in [0.15, 0.2) is 18.2 Å². The van der Waals surface area contributed by atoms with Crippen LogP contribution in [0.3, 0.4) is 0 Å². The van der Waals surface area contributed by atoms with Gasteiger partial charge in [0.15, 0.2) is 0 Å². The summed E-state index contributed by atoms with van der Waals surface area (Å²) >= 11 is 0. The van der Waals surface area contributed by atoms with Crippen molar-refractivity contribution < 1.29 is 29.3 Å². The second kappa shape index (κ2) is 21.8. The molecule has 0 saturated carbocycles. The van der Waals surface area contributed by atoms with Crippen LogP contribution in [-0.2, 0) is 19.1 Å². The SMILES string of the molecule is CC[C@H]1c2cc3[nH]c4c(c5nc(cc6[nH]c(cc(n2)[C@@H]1C)/c(=C(\C)O)c6C)[C@@H](C)[C@@H]5CCC(=O)OCCC(C)CCC[C@@H](C)CCC[C@H](C)CCCC(C)C)[C@@H](C(=O)OC)C(O)=c4c3C. The largest absolute Gasteiger partial charge is 0.512 e. The molecule has 3 aromatic heterocycles. The van der Waals surface area contributed by atoms with Gasteiger partial charge in [-0.25, -0.2) is 0 Å². The summed E-state index contributed by atoms with van der Waals surface area (Å²) in [6, 6.07) is 6.14. The topological polar surface area (TPSA) is 150 Å². The zero-order valence-electron chi connectivity index (χ0n) is 41.7. The molecule has 8 atom stereocenters. The first-order valence-corrected chi connectivity index (χ1v) is 25.1. The first-order chi connectivity index (χ1) is 30.9. The number of esters is 2. The third kappa shape index (κ3) is 11.2. The molecule has 2 aliphatic heterocycles. The minimum atomic E-state index is -1.08. The van der Waals surface area contributed by atoms with Gasteiger partial charge in [-0.3, -0.25) is 19.6 Å². The molecule has 10 heteroatoms. The smallest absolute Gasteiger partial charge is 0.321 e. The number of rotatable bonds is 20. The van der Waals surface area contributed by atoms with Gasteiger partial charge in [-0.2, -0.15) is 0 Å². The van der Waals surface area contributed by atoms with E-state index in [-0.39, 0.29) is 47.6 Å². The van der Waals surface area contributed by atoms with Crippen molar-refractivity contribution in [2.75, 3.05) is 13.7 Å². The molecular weight excluding hydrogens is 813 g/mol. The molecule has 4 N–H and O–H groups in total. The van der Waals surface area contributed by atoms with Crippen LogP contribution < -0.4 is 10.4 Å². The monoisotopic (exact) mass is 893 g/mol. The fraction of sp³-hybridized carbons (Fsp3) is 0.636. The van der Waals surface area contributed by atoms with Gasteiger partial charge in [-0.05, 0) is 93.0 Å². The van der Waals surface area contributed by atoms with Crippen molar-refractivity contribution in [3.05, 3.63) is 68.1 Å². The molecule has 0 saturated heterocycles. The number of nitrogens with one attached hydrogen (secondary N) is 2. The lowest BCUT2D eigenvalue weighted by Crippen LogP contribution is -2.18. The molecule has 5 heterocycles.